The smallest absolute Gasteiger partial charge is 0.216 e. The van der Waals surface area contributed by atoms with Crippen molar-refractivity contribution in [3.05, 3.63) is 29.6 Å². The highest BCUT2D eigenvalue weighted by Crippen LogP contribution is 2.06. The third-order valence-corrected chi connectivity index (χ3v) is 1.26. The number of rotatable bonds is 2. The van der Waals surface area contributed by atoms with E-state index in [0.29, 0.717) is 0 Å². The van der Waals surface area contributed by atoms with Crippen molar-refractivity contribution in [2.45, 2.75) is 6.42 Å². The zero-order chi connectivity index (χ0) is 8.27. The maximum absolute atomic E-state index is 12.6. The van der Waals surface area contributed by atoms with Crippen molar-refractivity contribution < 1.29 is 13.9 Å². The Morgan fingerprint density at radius 3 is 2.82 bits per heavy atom. The predicted molar refractivity (Wildman–Crippen MR) is 34.9 cm³/mol. The molecule has 0 aromatic carbocycles. The summed E-state index contributed by atoms with van der Waals surface area (Å²) in [6.07, 6.45) is 0.896. The standard InChI is InChI=1S/C7H7F2NO/c8-6-3-5(1-2-11)7(9)10-4-6/h3-4,11H,1-2H2. The molecular weight excluding hydrogens is 152 g/mol. The molecular formula is C7H7F2NO. The summed E-state index contributed by atoms with van der Waals surface area (Å²) in [6.45, 7) is -0.206. The maximum Gasteiger partial charge on any atom is 0.216 e. The Bertz CT molecular complexity index is 252. The molecule has 0 saturated heterocycles. The minimum absolute atomic E-state index is 0.0938. The SMILES string of the molecule is OCCc1cc(F)cnc1F. The molecule has 0 aliphatic carbocycles. The highest BCUT2D eigenvalue weighted by Gasteiger charge is 2.03. The van der Waals surface area contributed by atoms with Gasteiger partial charge in [0.25, 0.3) is 0 Å². The predicted octanol–water partition coefficient (Wildman–Crippen LogP) is 0.895. The molecule has 60 valence electrons. The molecule has 0 aliphatic heterocycles. The Kier molecular flexibility index (Phi) is 2.48. The topological polar surface area (TPSA) is 33.1 Å². The summed E-state index contributed by atoms with van der Waals surface area (Å²) < 4.78 is 24.9. The van der Waals surface area contributed by atoms with Gasteiger partial charge < -0.3 is 5.11 Å². The highest BCUT2D eigenvalue weighted by molar-refractivity contribution is 5.12. The average Bonchev–Trinajstić information content (AvgIpc) is 1.98. The second kappa shape index (κ2) is 3.39. The van der Waals surface area contributed by atoms with Crippen LogP contribution < -0.4 is 0 Å². The zero-order valence-electron chi connectivity index (χ0n) is 5.72. The van der Waals surface area contributed by atoms with E-state index in [-0.39, 0.29) is 18.6 Å². The highest BCUT2D eigenvalue weighted by atomic mass is 19.1. The van der Waals surface area contributed by atoms with Gasteiger partial charge in [0.2, 0.25) is 5.95 Å². The molecule has 1 aromatic heterocycles. The quantitative estimate of drug-likeness (QED) is 0.650. The molecule has 0 radical (unpaired) electrons. The number of aromatic nitrogens is 1. The lowest BCUT2D eigenvalue weighted by atomic mass is 10.2. The number of hydrogen-bond donors (Lipinski definition) is 1. The van der Waals surface area contributed by atoms with Gasteiger partial charge >= 0.3 is 0 Å². The second-order valence-electron chi connectivity index (χ2n) is 2.08. The fraction of sp³-hybridized carbons (Fsp3) is 0.286. The van der Waals surface area contributed by atoms with Crippen LogP contribution in [0.15, 0.2) is 12.3 Å². The summed E-state index contributed by atoms with van der Waals surface area (Å²) in [5.41, 5.74) is 0.104. The molecule has 0 atom stereocenters. The van der Waals surface area contributed by atoms with Crippen molar-refractivity contribution in [3.63, 3.8) is 0 Å². The zero-order valence-corrected chi connectivity index (χ0v) is 5.72. The van der Waals surface area contributed by atoms with Crippen molar-refractivity contribution in [1.29, 1.82) is 0 Å². The number of nitrogens with zero attached hydrogens (tertiary/aromatic N) is 1. The first-order chi connectivity index (χ1) is 5.24. The lowest BCUT2D eigenvalue weighted by Gasteiger charge is -1.98. The van der Waals surface area contributed by atoms with Crippen LogP contribution in [0.3, 0.4) is 0 Å². The molecule has 0 amide bonds. The van der Waals surface area contributed by atoms with Crippen LogP contribution in [-0.2, 0) is 6.42 Å². The number of aliphatic hydroxyl groups excluding tert-OH is 1. The van der Waals surface area contributed by atoms with E-state index in [1.54, 1.807) is 0 Å². The number of halogens is 2. The Morgan fingerprint density at radius 2 is 2.18 bits per heavy atom. The molecule has 2 nitrogen and oxygen atoms in total. The van der Waals surface area contributed by atoms with Crippen LogP contribution in [0, 0.1) is 11.8 Å². The molecule has 0 saturated carbocycles. The Morgan fingerprint density at radius 1 is 1.45 bits per heavy atom. The van der Waals surface area contributed by atoms with Crippen LogP contribution in [-0.4, -0.2) is 16.7 Å². The second-order valence-corrected chi connectivity index (χ2v) is 2.08. The molecule has 0 bridgehead atoms. The van der Waals surface area contributed by atoms with Gasteiger partial charge in [-0.25, -0.2) is 9.37 Å². The van der Waals surface area contributed by atoms with Gasteiger partial charge in [0.15, 0.2) is 0 Å². The maximum atomic E-state index is 12.6. The van der Waals surface area contributed by atoms with Gasteiger partial charge in [0.05, 0.1) is 6.20 Å². The molecule has 4 heteroatoms. The molecule has 11 heavy (non-hydrogen) atoms. The molecule has 0 aliphatic rings. The summed E-state index contributed by atoms with van der Waals surface area (Å²) in [5.74, 6) is -1.31. The van der Waals surface area contributed by atoms with Gasteiger partial charge in [-0.1, -0.05) is 0 Å². The molecule has 1 aromatic rings. The van der Waals surface area contributed by atoms with Crippen molar-refractivity contribution in [1.82, 2.24) is 4.98 Å². The van der Waals surface area contributed by atoms with Crippen molar-refractivity contribution in [2.75, 3.05) is 6.61 Å². The summed E-state index contributed by atoms with van der Waals surface area (Å²) in [5, 5.41) is 8.42. The first-order valence-corrected chi connectivity index (χ1v) is 3.15. The molecule has 0 fully saturated rings. The van der Waals surface area contributed by atoms with Crippen LogP contribution in [0.5, 0.6) is 0 Å². The van der Waals surface area contributed by atoms with Crippen LogP contribution in [0.1, 0.15) is 5.56 Å². The molecule has 1 rings (SSSR count). The first kappa shape index (κ1) is 8.07. The summed E-state index contributed by atoms with van der Waals surface area (Å²) >= 11 is 0. The van der Waals surface area contributed by atoms with Crippen molar-refractivity contribution in [3.8, 4) is 0 Å². The van der Waals surface area contributed by atoms with Crippen LogP contribution in [0.2, 0.25) is 0 Å². The first-order valence-electron chi connectivity index (χ1n) is 3.15. The fourth-order valence-electron chi connectivity index (χ4n) is 0.760. The van der Waals surface area contributed by atoms with Crippen molar-refractivity contribution in [2.24, 2.45) is 0 Å². The van der Waals surface area contributed by atoms with Crippen LogP contribution in [0.4, 0.5) is 8.78 Å². The molecule has 1 N–H and O–H groups in total. The summed E-state index contributed by atoms with van der Waals surface area (Å²) in [4.78, 5) is 3.14. The molecule has 0 unspecified atom stereocenters. The lowest BCUT2D eigenvalue weighted by molar-refractivity contribution is 0.297. The average molecular weight is 159 g/mol. The van der Waals surface area contributed by atoms with E-state index in [1.807, 2.05) is 0 Å². The lowest BCUT2D eigenvalue weighted by Crippen LogP contribution is -1.98. The van der Waals surface area contributed by atoms with E-state index in [0.717, 1.165) is 12.3 Å². The Hall–Kier alpha value is -1.03. The largest absolute Gasteiger partial charge is 0.396 e. The number of hydrogen-bond acceptors (Lipinski definition) is 2. The van der Waals surface area contributed by atoms with Gasteiger partial charge in [-0.05, 0) is 6.07 Å². The van der Waals surface area contributed by atoms with E-state index < -0.39 is 11.8 Å². The van der Waals surface area contributed by atoms with E-state index in [4.69, 9.17) is 5.11 Å². The van der Waals surface area contributed by atoms with Crippen molar-refractivity contribution >= 4 is 0 Å². The minimum Gasteiger partial charge on any atom is -0.396 e. The number of pyridine rings is 1. The monoisotopic (exact) mass is 159 g/mol. The summed E-state index contributed by atoms with van der Waals surface area (Å²) in [6, 6.07) is 1.03. The van der Waals surface area contributed by atoms with Crippen LogP contribution >= 0.6 is 0 Å². The normalized spacial score (nSPS) is 10.1. The Balaban J connectivity index is 2.93. The van der Waals surface area contributed by atoms with Gasteiger partial charge in [-0.15, -0.1) is 0 Å². The van der Waals surface area contributed by atoms with Gasteiger partial charge in [-0.3, -0.25) is 0 Å². The van der Waals surface area contributed by atoms with E-state index in [1.165, 1.54) is 0 Å². The minimum atomic E-state index is -0.722. The van der Waals surface area contributed by atoms with E-state index in [9.17, 15) is 8.78 Å². The van der Waals surface area contributed by atoms with Gasteiger partial charge in [0, 0.05) is 18.6 Å². The van der Waals surface area contributed by atoms with E-state index >= 15 is 0 Å². The van der Waals surface area contributed by atoms with Gasteiger partial charge in [0.1, 0.15) is 5.82 Å². The Labute approximate surface area is 62.5 Å². The van der Waals surface area contributed by atoms with Crippen LogP contribution in [0.25, 0.3) is 0 Å². The summed E-state index contributed by atoms with van der Waals surface area (Å²) in [7, 11) is 0. The molecule has 1 heterocycles. The number of aliphatic hydroxyl groups is 1. The third-order valence-electron chi connectivity index (χ3n) is 1.26. The third kappa shape index (κ3) is 1.94. The van der Waals surface area contributed by atoms with E-state index in [2.05, 4.69) is 4.98 Å². The van der Waals surface area contributed by atoms with Gasteiger partial charge in [-0.2, -0.15) is 4.39 Å². The fourth-order valence-corrected chi connectivity index (χ4v) is 0.760. The molecule has 0 spiro atoms.